The Hall–Kier alpha value is -2.15. The molecule has 2 N–H and O–H groups in total. The molecule has 0 saturated carbocycles. The Balaban J connectivity index is 2.20. The lowest BCUT2D eigenvalue weighted by atomic mass is 10.3. The number of thiazole rings is 1. The number of hydrogen-bond donors (Lipinski definition) is 2. The molecule has 0 spiro atoms. The van der Waals surface area contributed by atoms with Crippen molar-refractivity contribution in [3.05, 3.63) is 39.8 Å². The van der Waals surface area contributed by atoms with Gasteiger partial charge < -0.3 is 9.72 Å². The number of carbonyl (C=O) groups is 1. The maximum Gasteiger partial charge on any atom is 0.273 e. The third kappa shape index (κ3) is 2.51. The van der Waals surface area contributed by atoms with Gasteiger partial charge in [-0.2, -0.15) is 0 Å². The largest absolute Gasteiger partial charge is 0.491 e. The lowest BCUT2D eigenvalue weighted by Gasteiger charge is -2.02. The van der Waals surface area contributed by atoms with Gasteiger partial charge in [-0.15, -0.1) is 11.3 Å². The molecule has 17 heavy (non-hydrogen) atoms. The molecule has 0 atom stereocenters. The quantitative estimate of drug-likeness (QED) is 0.855. The van der Waals surface area contributed by atoms with Crippen molar-refractivity contribution in [1.82, 2.24) is 9.97 Å². The van der Waals surface area contributed by atoms with Crippen LogP contribution in [0.3, 0.4) is 0 Å². The summed E-state index contributed by atoms with van der Waals surface area (Å²) < 4.78 is 4.80. The van der Waals surface area contributed by atoms with E-state index in [9.17, 15) is 9.59 Å². The molecule has 2 rings (SSSR count). The molecule has 0 fully saturated rings. The van der Waals surface area contributed by atoms with Gasteiger partial charge in [0.2, 0.25) is 5.43 Å². The van der Waals surface area contributed by atoms with Gasteiger partial charge in [0.1, 0.15) is 5.69 Å². The number of rotatable bonds is 3. The van der Waals surface area contributed by atoms with Crippen LogP contribution < -0.4 is 15.5 Å². The smallest absolute Gasteiger partial charge is 0.273 e. The van der Waals surface area contributed by atoms with Crippen LogP contribution in [0.1, 0.15) is 10.5 Å². The van der Waals surface area contributed by atoms with E-state index in [4.69, 9.17) is 4.74 Å². The molecule has 0 aromatic carbocycles. The predicted molar refractivity (Wildman–Crippen MR) is 63.7 cm³/mol. The van der Waals surface area contributed by atoms with E-state index in [1.54, 1.807) is 11.6 Å². The summed E-state index contributed by atoms with van der Waals surface area (Å²) in [5.41, 5.74) is -0.193. The molecule has 6 nitrogen and oxygen atoms in total. The van der Waals surface area contributed by atoms with E-state index in [1.165, 1.54) is 30.7 Å². The number of amides is 1. The molecule has 0 aliphatic carbocycles. The average molecular weight is 251 g/mol. The highest BCUT2D eigenvalue weighted by molar-refractivity contribution is 7.13. The van der Waals surface area contributed by atoms with Crippen molar-refractivity contribution in [2.75, 3.05) is 12.4 Å². The minimum Gasteiger partial charge on any atom is -0.491 e. The predicted octanol–water partition coefficient (Wildman–Crippen LogP) is 1.09. The van der Waals surface area contributed by atoms with Crippen molar-refractivity contribution in [2.45, 2.75) is 0 Å². The molecule has 2 heterocycles. The van der Waals surface area contributed by atoms with Gasteiger partial charge in [0.25, 0.3) is 5.91 Å². The van der Waals surface area contributed by atoms with Crippen LogP contribution in [0.2, 0.25) is 0 Å². The van der Waals surface area contributed by atoms with Crippen LogP contribution in [0.5, 0.6) is 5.75 Å². The van der Waals surface area contributed by atoms with Crippen LogP contribution in [0.4, 0.5) is 5.13 Å². The Morgan fingerprint density at radius 2 is 2.41 bits per heavy atom. The summed E-state index contributed by atoms with van der Waals surface area (Å²) >= 11 is 1.30. The second kappa shape index (κ2) is 4.79. The zero-order valence-electron chi connectivity index (χ0n) is 8.89. The first-order valence-corrected chi connectivity index (χ1v) is 5.56. The summed E-state index contributed by atoms with van der Waals surface area (Å²) in [6.07, 6.45) is 2.93. The molecule has 0 saturated heterocycles. The van der Waals surface area contributed by atoms with E-state index in [0.717, 1.165) is 0 Å². The Kier molecular flexibility index (Phi) is 3.20. The number of nitrogens with one attached hydrogen (secondary N) is 2. The fraction of sp³-hybridized carbons (Fsp3) is 0.100. The van der Waals surface area contributed by atoms with Crippen molar-refractivity contribution in [3.63, 3.8) is 0 Å². The summed E-state index contributed by atoms with van der Waals surface area (Å²) in [5.74, 6) is -0.254. The van der Waals surface area contributed by atoms with Crippen LogP contribution in [0.25, 0.3) is 0 Å². The fourth-order valence-corrected chi connectivity index (χ4v) is 1.72. The average Bonchev–Trinajstić information content (AvgIpc) is 2.81. The molecule has 2 aromatic heterocycles. The Bertz CT molecular complexity index is 577. The maximum absolute atomic E-state index is 11.7. The first kappa shape index (κ1) is 11.3. The number of carbonyl (C=O) groups excluding carboxylic acids is 1. The summed E-state index contributed by atoms with van der Waals surface area (Å²) in [5, 5.41) is 4.78. The Morgan fingerprint density at radius 3 is 3.00 bits per heavy atom. The number of anilines is 1. The summed E-state index contributed by atoms with van der Waals surface area (Å²) in [7, 11) is 1.39. The third-order valence-electron chi connectivity index (χ3n) is 1.99. The topological polar surface area (TPSA) is 84.1 Å². The lowest BCUT2D eigenvalue weighted by molar-refractivity contribution is 0.102. The van der Waals surface area contributed by atoms with Crippen molar-refractivity contribution in [3.8, 4) is 5.75 Å². The van der Waals surface area contributed by atoms with E-state index >= 15 is 0 Å². The molecule has 0 unspecified atom stereocenters. The Morgan fingerprint density at radius 1 is 1.59 bits per heavy atom. The van der Waals surface area contributed by atoms with Crippen LogP contribution in [-0.4, -0.2) is 23.0 Å². The van der Waals surface area contributed by atoms with E-state index in [0.29, 0.717) is 5.13 Å². The molecule has 0 bridgehead atoms. The van der Waals surface area contributed by atoms with Crippen LogP contribution in [0.15, 0.2) is 28.6 Å². The SMILES string of the molecule is COc1c[nH]c(C(=O)Nc2nccs2)cc1=O. The van der Waals surface area contributed by atoms with Crippen LogP contribution in [-0.2, 0) is 0 Å². The highest BCUT2D eigenvalue weighted by Crippen LogP contribution is 2.11. The van der Waals surface area contributed by atoms with Gasteiger partial charge in [-0.05, 0) is 0 Å². The standard InChI is InChI=1S/C10H9N3O3S/c1-16-8-5-12-6(4-7(8)14)9(15)13-10-11-2-3-17-10/h2-5H,1H3,(H,12,14)(H,11,13,15). The number of hydrogen-bond acceptors (Lipinski definition) is 5. The van der Waals surface area contributed by atoms with Crippen molar-refractivity contribution < 1.29 is 9.53 Å². The van der Waals surface area contributed by atoms with Gasteiger partial charge in [0.05, 0.1) is 7.11 Å². The number of H-pyrrole nitrogens is 1. The number of ether oxygens (including phenoxy) is 1. The van der Waals surface area contributed by atoms with Gasteiger partial charge >= 0.3 is 0 Å². The Labute approximate surface area is 100 Å². The zero-order valence-corrected chi connectivity index (χ0v) is 9.71. The number of methoxy groups -OCH3 is 1. The van der Waals surface area contributed by atoms with Crippen molar-refractivity contribution in [2.24, 2.45) is 0 Å². The van der Waals surface area contributed by atoms with Gasteiger partial charge in [0.15, 0.2) is 10.9 Å². The van der Waals surface area contributed by atoms with Gasteiger partial charge in [-0.25, -0.2) is 4.98 Å². The van der Waals surface area contributed by atoms with Crippen LogP contribution >= 0.6 is 11.3 Å². The summed E-state index contributed by atoms with van der Waals surface area (Å²) in [4.78, 5) is 29.7. The zero-order chi connectivity index (χ0) is 12.3. The monoisotopic (exact) mass is 251 g/mol. The first-order valence-electron chi connectivity index (χ1n) is 4.68. The molecule has 0 radical (unpaired) electrons. The highest BCUT2D eigenvalue weighted by atomic mass is 32.1. The number of aromatic nitrogens is 2. The van der Waals surface area contributed by atoms with Gasteiger partial charge in [-0.1, -0.05) is 0 Å². The van der Waals surface area contributed by atoms with Crippen molar-refractivity contribution in [1.29, 1.82) is 0 Å². The van der Waals surface area contributed by atoms with E-state index in [2.05, 4.69) is 15.3 Å². The fourth-order valence-electron chi connectivity index (χ4n) is 1.20. The van der Waals surface area contributed by atoms with Crippen LogP contribution in [0, 0.1) is 0 Å². The van der Waals surface area contributed by atoms with Crippen molar-refractivity contribution >= 4 is 22.4 Å². The second-order valence-electron chi connectivity index (χ2n) is 3.07. The number of pyridine rings is 1. The molecule has 2 aromatic rings. The molecular formula is C10H9N3O3S. The summed E-state index contributed by atoms with van der Waals surface area (Å²) in [6, 6.07) is 1.18. The second-order valence-corrected chi connectivity index (χ2v) is 3.97. The van der Waals surface area contributed by atoms with E-state index in [-0.39, 0.29) is 16.9 Å². The third-order valence-corrected chi connectivity index (χ3v) is 2.68. The van der Waals surface area contributed by atoms with E-state index in [1.807, 2.05) is 0 Å². The molecule has 0 aliphatic rings. The normalized spacial score (nSPS) is 9.94. The molecule has 88 valence electrons. The number of nitrogens with zero attached hydrogens (tertiary/aromatic N) is 1. The number of aromatic amines is 1. The molecule has 7 heteroatoms. The molecular weight excluding hydrogens is 242 g/mol. The highest BCUT2D eigenvalue weighted by Gasteiger charge is 2.10. The van der Waals surface area contributed by atoms with Gasteiger partial charge in [-0.3, -0.25) is 14.9 Å². The van der Waals surface area contributed by atoms with Gasteiger partial charge in [0, 0.05) is 23.8 Å². The summed E-state index contributed by atoms with van der Waals surface area (Å²) in [6.45, 7) is 0. The first-order chi connectivity index (χ1) is 8.20. The molecule has 1 amide bonds. The minimum atomic E-state index is -0.417. The minimum absolute atomic E-state index is 0.158. The lowest BCUT2D eigenvalue weighted by Crippen LogP contribution is -2.17. The van der Waals surface area contributed by atoms with E-state index < -0.39 is 5.91 Å². The molecule has 0 aliphatic heterocycles. The maximum atomic E-state index is 11.7.